The van der Waals surface area contributed by atoms with Gasteiger partial charge in [-0.1, -0.05) is 140 Å². The molecule has 256 valence electrons. The van der Waals surface area contributed by atoms with Crippen molar-refractivity contribution in [1.82, 2.24) is 19.1 Å². The molecule has 4 aromatic heterocycles. The molecule has 0 saturated heterocycles. The van der Waals surface area contributed by atoms with E-state index < -0.39 is 0 Å². The fraction of sp³-hybridized carbons (Fsp3) is 0. The van der Waals surface area contributed by atoms with Gasteiger partial charge in [0.15, 0.2) is 0 Å². The SMILES string of the molecule is c1ccc(-c2ccc(-n3c4ccccc4c4ccc5c6ccc7oc8ccccc8c7c6n(-c6nc(-c7ccccc7)c7ccccc7n6)c5c43)cc2)cc1. The highest BCUT2D eigenvalue weighted by Gasteiger charge is 2.26. The van der Waals surface area contributed by atoms with Gasteiger partial charge in [-0.2, -0.15) is 0 Å². The molecule has 12 aromatic rings. The van der Waals surface area contributed by atoms with Crippen LogP contribution in [0.1, 0.15) is 0 Å². The van der Waals surface area contributed by atoms with Gasteiger partial charge in [-0.3, -0.25) is 4.57 Å². The standard InChI is InChI=1S/C50H30N4O/c1-3-13-31(14-4-1)32-23-25-34(26-24-32)53-42-21-11-8-17-35(42)36-27-28-38-37-29-30-44-45(40-19-9-12-22-43(40)55-44)47(37)54(49(38)48(36)53)50-51-41-20-10-7-18-39(41)46(52-50)33-15-5-2-6-16-33/h1-30H. The van der Waals surface area contributed by atoms with Gasteiger partial charge in [0.2, 0.25) is 5.95 Å². The van der Waals surface area contributed by atoms with Gasteiger partial charge in [0.25, 0.3) is 0 Å². The number of hydrogen-bond acceptors (Lipinski definition) is 3. The van der Waals surface area contributed by atoms with E-state index in [-0.39, 0.29) is 0 Å². The molecule has 0 aliphatic carbocycles. The van der Waals surface area contributed by atoms with Crippen molar-refractivity contribution < 1.29 is 4.42 Å². The van der Waals surface area contributed by atoms with Gasteiger partial charge in [0.1, 0.15) is 11.2 Å². The number of hydrogen-bond donors (Lipinski definition) is 0. The van der Waals surface area contributed by atoms with Crippen LogP contribution in [-0.2, 0) is 0 Å². The van der Waals surface area contributed by atoms with Crippen molar-refractivity contribution in [2.24, 2.45) is 0 Å². The number of nitrogens with zero attached hydrogens (tertiary/aromatic N) is 4. The van der Waals surface area contributed by atoms with Gasteiger partial charge in [-0.25, -0.2) is 9.97 Å². The van der Waals surface area contributed by atoms with E-state index in [4.69, 9.17) is 14.4 Å². The summed E-state index contributed by atoms with van der Waals surface area (Å²) in [4.78, 5) is 10.9. The molecule has 0 bridgehead atoms. The van der Waals surface area contributed by atoms with Crippen molar-refractivity contribution in [3.05, 3.63) is 182 Å². The molecule has 0 fully saturated rings. The highest BCUT2D eigenvalue weighted by molar-refractivity contribution is 6.29. The summed E-state index contributed by atoms with van der Waals surface area (Å²) in [5.74, 6) is 0.610. The number of furan rings is 1. The first-order valence-electron chi connectivity index (χ1n) is 18.6. The third-order valence-electron chi connectivity index (χ3n) is 11.1. The number of rotatable bonds is 4. The molecule has 12 rings (SSSR count). The van der Waals surface area contributed by atoms with Crippen molar-refractivity contribution in [2.45, 2.75) is 0 Å². The van der Waals surface area contributed by atoms with Crippen molar-refractivity contribution in [3.63, 3.8) is 0 Å². The molecular formula is C50H30N4O. The molecule has 0 spiro atoms. The maximum Gasteiger partial charge on any atom is 0.235 e. The summed E-state index contributed by atoms with van der Waals surface area (Å²) in [5.41, 5.74) is 12.3. The maximum absolute atomic E-state index is 6.53. The number of fused-ring (bicyclic) bond motifs is 12. The normalized spacial score (nSPS) is 12.0. The van der Waals surface area contributed by atoms with Crippen LogP contribution in [0.25, 0.3) is 110 Å². The topological polar surface area (TPSA) is 48.8 Å². The molecule has 0 radical (unpaired) electrons. The summed E-state index contributed by atoms with van der Waals surface area (Å²) >= 11 is 0. The van der Waals surface area contributed by atoms with Crippen LogP contribution in [0.4, 0.5) is 0 Å². The van der Waals surface area contributed by atoms with E-state index in [0.717, 1.165) is 88.0 Å². The second-order valence-corrected chi connectivity index (χ2v) is 14.1. The van der Waals surface area contributed by atoms with Crippen LogP contribution < -0.4 is 0 Å². The van der Waals surface area contributed by atoms with Crippen molar-refractivity contribution >= 4 is 76.5 Å². The Kier molecular flexibility index (Phi) is 6.27. The average molecular weight is 703 g/mol. The maximum atomic E-state index is 6.53. The summed E-state index contributed by atoms with van der Waals surface area (Å²) in [7, 11) is 0. The first kappa shape index (κ1) is 30.0. The third kappa shape index (κ3) is 4.35. The van der Waals surface area contributed by atoms with Crippen LogP contribution in [-0.4, -0.2) is 19.1 Å². The predicted octanol–water partition coefficient (Wildman–Crippen LogP) is 13.1. The molecule has 0 aliphatic rings. The Hall–Kier alpha value is -7.50. The van der Waals surface area contributed by atoms with Gasteiger partial charge in [0, 0.05) is 43.6 Å². The zero-order chi connectivity index (χ0) is 36.0. The predicted molar refractivity (Wildman–Crippen MR) is 226 cm³/mol. The summed E-state index contributed by atoms with van der Waals surface area (Å²) in [6.07, 6.45) is 0. The Morgan fingerprint density at radius 3 is 1.75 bits per heavy atom. The van der Waals surface area contributed by atoms with Crippen LogP contribution in [0.2, 0.25) is 0 Å². The monoisotopic (exact) mass is 702 g/mol. The highest BCUT2D eigenvalue weighted by atomic mass is 16.3. The highest BCUT2D eigenvalue weighted by Crippen LogP contribution is 2.45. The molecule has 5 heteroatoms. The van der Waals surface area contributed by atoms with Gasteiger partial charge < -0.3 is 8.98 Å². The fourth-order valence-corrected chi connectivity index (χ4v) is 8.73. The number of aromatic nitrogens is 4. The third-order valence-corrected chi connectivity index (χ3v) is 11.1. The van der Waals surface area contributed by atoms with E-state index in [1.807, 2.05) is 18.2 Å². The van der Waals surface area contributed by atoms with Crippen molar-refractivity contribution in [3.8, 4) is 34.0 Å². The molecule has 5 nitrogen and oxygen atoms in total. The van der Waals surface area contributed by atoms with Crippen LogP contribution in [0.15, 0.2) is 186 Å². The quantitative estimate of drug-likeness (QED) is 0.183. The summed E-state index contributed by atoms with van der Waals surface area (Å²) in [5, 5.41) is 7.70. The van der Waals surface area contributed by atoms with E-state index >= 15 is 0 Å². The Bertz CT molecular complexity index is 3470. The van der Waals surface area contributed by atoms with Crippen LogP contribution in [0, 0.1) is 0 Å². The zero-order valence-corrected chi connectivity index (χ0v) is 29.5. The lowest BCUT2D eigenvalue weighted by Gasteiger charge is -2.14. The molecule has 8 aromatic carbocycles. The fourth-order valence-electron chi connectivity index (χ4n) is 8.73. The summed E-state index contributed by atoms with van der Waals surface area (Å²) in [6, 6.07) is 64.1. The summed E-state index contributed by atoms with van der Waals surface area (Å²) in [6.45, 7) is 0. The van der Waals surface area contributed by atoms with Crippen molar-refractivity contribution in [2.75, 3.05) is 0 Å². The van der Waals surface area contributed by atoms with E-state index in [0.29, 0.717) is 5.95 Å². The van der Waals surface area contributed by atoms with E-state index in [2.05, 4.69) is 173 Å². The zero-order valence-electron chi connectivity index (χ0n) is 29.5. The van der Waals surface area contributed by atoms with Crippen LogP contribution >= 0.6 is 0 Å². The Labute approximate surface area is 315 Å². The van der Waals surface area contributed by atoms with Gasteiger partial charge in [0.05, 0.1) is 38.7 Å². The van der Waals surface area contributed by atoms with Crippen molar-refractivity contribution in [1.29, 1.82) is 0 Å². The molecule has 0 saturated carbocycles. The first-order valence-corrected chi connectivity index (χ1v) is 18.6. The van der Waals surface area contributed by atoms with E-state index in [1.54, 1.807) is 0 Å². The number of benzene rings is 8. The Morgan fingerprint density at radius 2 is 0.945 bits per heavy atom. The van der Waals surface area contributed by atoms with Gasteiger partial charge >= 0.3 is 0 Å². The smallest absolute Gasteiger partial charge is 0.235 e. The lowest BCUT2D eigenvalue weighted by atomic mass is 10.1. The van der Waals surface area contributed by atoms with Gasteiger partial charge in [-0.15, -0.1) is 0 Å². The molecule has 55 heavy (non-hydrogen) atoms. The minimum Gasteiger partial charge on any atom is -0.456 e. The molecular weight excluding hydrogens is 673 g/mol. The molecule has 0 N–H and O–H groups in total. The molecule has 0 unspecified atom stereocenters. The lowest BCUT2D eigenvalue weighted by molar-refractivity contribution is 0.669. The largest absolute Gasteiger partial charge is 0.456 e. The second kappa shape index (κ2) is 11.5. The first-order chi connectivity index (χ1) is 27.3. The lowest BCUT2D eigenvalue weighted by Crippen LogP contribution is -2.05. The molecule has 0 aliphatic heterocycles. The minimum atomic E-state index is 0.610. The second-order valence-electron chi connectivity index (χ2n) is 14.1. The molecule has 0 amide bonds. The Morgan fingerprint density at radius 1 is 0.364 bits per heavy atom. The van der Waals surface area contributed by atoms with E-state index in [9.17, 15) is 0 Å². The number of para-hydroxylation sites is 3. The summed E-state index contributed by atoms with van der Waals surface area (Å²) < 4.78 is 11.3. The molecule has 4 heterocycles. The van der Waals surface area contributed by atoms with Crippen LogP contribution in [0.5, 0.6) is 0 Å². The Balaban J connectivity index is 1.28. The van der Waals surface area contributed by atoms with Crippen LogP contribution in [0.3, 0.4) is 0 Å². The average Bonchev–Trinajstić information content (AvgIpc) is 3.92. The van der Waals surface area contributed by atoms with E-state index in [1.165, 1.54) is 16.5 Å². The molecule has 0 atom stereocenters. The minimum absolute atomic E-state index is 0.610. The van der Waals surface area contributed by atoms with Gasteiger partial charge in [-0.05, 0) is 53.6 Å².